The minimum absolute atomic E-state index is 0.0289. The Hall–Kier alpha value is -6.13. The zero-order chi connectivity index (χ0) is 68.5. The van der Waals surface area contributed by atoms with Crippen molar-refractivity contribution in [3.05, 3.63) is 83.4 Å². The number of nitrogens with one attached hydrogen (secondary N) is 3. The van der Waals surface area contributed by atoms with Gasteiger partial charge in [-0.1, -0.05) is 150 Å². The predicted octanol–water partition coefficient (Wildman–Crippen LogP) is 10.8. The lowest BCUT2D eigenvalue weighted by molar-refractivity contribution is -0.148. The summed E-state index contributed by atoms with van der Waals surface area (Å²) in [5.74, 6) is -2.40. The van der Waals surface area contributed by atoms with E-state index in [9.17, 15) is 52.0 Å². The van der Waals surface area contributed by atoms with Crippen LogP contribution in [-0.4, -0.2) is 156 Å². The van der Waals surface area contributed by atoms with E-state index < -0.39 is 46.4 Å². The highest BCUT2D eigenvalue weighted by molar-refractivity contribution is 7.85. The zero-order valence-electron chi connectivity index (χ0n) is 57.7. The molecule has 10 unspecified atom stereocenters. The van der Waals surface area contributed by atoms with Crippen molar-refractivity contribution in [3.8, 4) is 11.8 Å². The Balaban J connectivity index is 1.30. The number of hydrazine groups is 1. The summed E-state index contributed by atoms with van der Waals surface area (Å²) in [5.41, 5.74) is 7.44. The van der Waals surface area contributed by atoms with E-state index in [2.05, 4.69) is 55.1 Å². The van der Waals surface area contributed by atoms with E-state index >= 15 is 0 Å². The maximum absolute atomic E-state index is 14.8. The SMILES string of the molecule is CCCCC(C)(CC)c1cc(O)n(CCCCCC(=O)NNC(=O)CCCN(C)C(C(=O)NC(C(=O)N(C)C(C(C)CC)C(CC(=O)N2CCCC2C(OC)C(C)C(=O)CCCC(C=Cc2ccc(S(=O)(=O)O)cc2)Cc2ccccc2)OC)C(C)C)C(C)C)c1O. The average Bonchev–Trinajstić information content (AvgIpc) is 1.60. The van der Waals surface area contributed by atoms with E-state index in [4.69, 9.17) is 9.47 Å². The van der Waals surface area contributed by atoms with E-state index in [1.807, 2.05) is 89.6 Å². The minimum Gasteiger partial charge on any atom is -0.494 e. The van der Waals surface area contributed by atoms with Crippen LogP contribution < -0.4 is 16.2 Å². The summed E-state index contributed by atoms with van der Waals surface area (Å²) in [6, 6.07) is 15.2. The lowest BCUT2D eigenvalue weighted by atomic mass is 9.77. The molecule has 4 rings (SSSR count). The lowest BCUT2D eigenvalue weighted by Gasteiger charge is -2.41. The van der Waals surface area contributed by atoms with Gasteiger partial charge < -0.3 is 34.8 Å². The largest absolute Gasteiger partial charge is 0.494 e. The second-order valence-electron chi connectivity index (χ2n) is 26.6. The summed E-state index contributed by atoms with van der Waals surface area (Å²) in [6.07, 6.45) is 13.5. The number of rotatable bonds is 41. The average molecular weight is 1300 g/mol. The zero-order valence-corrected chi connectivity index (χ0v) is 58.6. The van der Waals surface area contributed by atoms with Gasteiger partial charge in [0, 0.05) is 71.2 Å². The number of hydrogen-bond donors (Lipinski definition) is 6. The molecule has 0 radical (unpaired) electrons. The Morgan fingerprint density at radius 2 is 1.47 bits per heavy atom. The Morgan fingerprint density at radius 3 is 2.04 bits per heavy atom. The van der Waals surface area contributed by atoms with E-state index in [1.165, 1.54) is 16.7 Å². The molecule has 1 aliphatic heterocycles. The third-order valence-corrected chi connectivity index (χ3v) is 20.0. The number of likely N-dealkylation sites (N-methyl/N-ethyl adjacent to an activating group) is 2. The second kappa shape index (κ2) is 38.3. The molecule has 0 saturated carbocycles. The first-order valence-corrected chi connectivity index (χ1v) is 35.2. The number of carbonyl (C=O) groups is 6. The quantitative estimate of drug-likeness (QED) is 0.0175. The second-order valence-corrected chi connectivity index (χ2v) is 28.0. The molecule has 516 valence electrons. The number of ketones is 1. The third-order valence-electron chi connectivity index (χ3n) is 19.1. The van der Waals surface area contributed by atoms with E-state index in [1.54, 1.807) is 44.4 Å². The van der Waals surface area contributed by atoms with Gasteiger partial charge in [0.15, 0.2) is 11.8 Å². The first-order valence-electron chi connectivity index (χ1n) is 33.7. The van der Waals surface area contributed by atoms with Crippen LogP contribution in [-0.2, 0) is 66.7 Å². The number of methoxy groups -OCH3 is 2. The van der Waals surface area contributed by atoms with Crippen LogP contribution in [0.15, 0.2) is 71.6 Å². The molecular weight excluding hydrogens is 1190 g/mol. The smallest absolute Gasteiger partial charge is 0.294 e. The number of likely N-dealkylation sites (tertiary alicyclic amines) is 1. The summed E-state index contributed by atoms with van der Waals surface area (Å²) < 4.78 is 46.4. The first-order chi connectivity index (χ1) is 43.6. The summed E-state index contributed by atoms with van der Waals surface area (Å²) in [6.45, 7) is 21.1. The molecule has 1 saturated heterocycles. The van der Waals surface area contributed by atoms with Crippen LogP contribution in [0.4, 0.5) is 0 Å². The summed E-state index contributed by atoms with van der Waals surface area (Å²) in [7, 11) is 2.32. The number of hydrogen-bond acceptors (Lipinski definition) is 13. The normalized spacial score (nSPS) is 17.0. The van der Waals surface area contributed by atoms with E-state index in [-0.39, 0.29) is 106 Å². The molecule has 5 amide bonds. The monoisotopic (exact) mass is 1300 g/mol. The highest BCUT2D eigenvalue weighted by atomic mass is 32.2. The van der Waals surface area contributed by atoms with Crippen LogP contribution in [0.1, 0.15) is 195 Å². The highest BCUT2D eigenvalue weighted by Crippen LogP contribution is 2.42. The molecule has 1 fully saturated rings. The van der Waals surface area contributed by atoms with E-state index in [0.717, 1.165) is 55.2 Å². The molecule has 3 aromatic rings. The third kappa shape index (κ3) is 23.1. The topological polar surface area (TPSA) is 266 Å². The number of amides is 5. The van der Waals surface area contributed by atoms with Gasteiger partial charge in [0.25, 0.3) is 10.1 Å². The number of benzene rings is 2. The first kappa shape index (κ1) is 78.3. The predicted molar refractivity (Wildman–Crippen MR) is 361 cm³/mol. The molecule has 2 heterocycles. The molecule has 1 aromatic heterocycles. The fourth-order valence-electron chi connectivity index (χ4n) is 13.2. The van der Waals surface area contributed by atoms with Crippen LogP contribution in [0.5, 0.6) is 11.8 Å². The van der Waals surface area contributed by atoms with Crippen LogP contribution in [0.2, 0.25) is 0 Å². The van der Waals surface area contributed by atoms with Crippen LogP contribution in [0.3, 0.4) is 0 Å². The molecular formula is C71H113N7O13S. The summed E-state index contributed by atoms with van der Waals surface area (Å²) in [5, 5.41) is 24.8. The van der Waals surface area contributed by atoms with Crippen molar-refractivity contribution in [2.75, 3.05) is 41.4 Å². The maximum Gasteiger partial charge on any atom is 0.294 e. The molecule has 21 heteroatoms. The van der Waals surface area contributed by atoms with Gasteiger partial charge in [0.1, 0.15) is 11.8 Å². The lowest BCUT2D eigenvalue weighted by Crippen LogP contribution is -2.60. The number of nitrogens with zero attached hydrogens (tertiary/aromatic N) is 4. The van der Waals surface area contributed by atoms with Crippen LogP contribution in [0, 0.1) is 29.6 Å². The number of unbranched alkanes of at least 4 members (excludes halogenated alkanes) is 3. The number of ether oxygens (including phenoxy) is 2. The highest BCUT2D eigenvalue weighted by Gasteiger charge is 2.43. The van der Waals surface area contributed by atoms with Crippen molar-refractivity contribution in [1.29, 1.82) is 0 Å². The molecule has 1 aliphatic rings. The van der Waals surface area contributed by atoms with Gasteiger partial charge in [0.2, 0.25) is 29.5 Å². The Labute approximate surface area is 550 Å². The summed E-state index contributed by atoms with van der Waals surface area (Å²) >= 11 is 0. The molecule has 10 atom stereocenters. The molecule has 92 heavy (non-hydrogen) atoms. The molecule has 20 nitrogen and oxygen atoms in total. The maximum atomic E-state index is 14.8. The van der Waals surface area contributed by atoms with Crippen molar-refractivity contribution in [3.63, 3.8) is 0 Å². The van der Waals surface area contributed by atoms with Crippen molar-refractivity contribution in [1.82, 2.24) is 35.4 Å². The Morgan fingerprint density at radius 1 is 0.815 bits per heavy atom. The number of aromatic hydroxyl groups is 2. The van der Waals surface area contributed by atoms with Gasteiger partial charge in [-0.2, -0.15) is 8.42 Å². The fourth-order valence-corrected chi connectivity index (χ4v) is 13.6. The minimum atomic E-state index is -4.31. The van der Waals surface area contributed by atoms with Gasteiger partial charge >= 0.3 is 0 Å². The molecule has 0 spiro atoms. The summed E-state index contributed by atoms with van der Waals surface area (Å²) in [4.78, 5) is 88.5. The fraction of sp³-hybridized carbons (Fsp3) is 0.662. The van der Waals surface area contributed by atoms with Crippen molar-refractivity contribution in [2.45, 2.75) is 238 Å². The van der Waals surface area contributed by atoms with Gasteiger partial charge in [-0.05, 0) is 130 Å². The molecule has 0 aliphatic carbocycles. The molecule has 2 aromatic carbocycles. The molecule has 0 bridgehead atoms. The Bertz CT molecular complexity index is 2940. The van der Waals surface area contributed by atoms with Crippen molar-refractivity contribution < 1.29 is 61.4 Å². The van der Waals surface area contributed by atoms with Crippen LogP contribution in [0.25, 0.3) is 6.08 Å². The van der Waals surface area contributed by atoms with Gasteiger partial charge in [-0.25, -0.2) is 0 Å². The van der Waals surface area contributed by atoms with Crippen molar-refractivity contribution in [2.24, 2.45) is 29.6 Å². The number of Topliss-reactive ketones (excluding diaryl/α,β-unsaturated/α-hetero) is 1. The number of carbonyl (C=O) groups excluding carboxylic acids is 6. The van der Waals surface area contributed by atoms with Crippen molar-refractivity contribution >= 4 is 51.5 Å². The number of allylic oxidation sites excluding steroid dienone is 1. The van der Waals surface area contributed by atoms with Gasteiger partial charge in [0.05, 0.1) is 41.6 Å². The number of aromatic nitrogens is 1. The standard InChI is InChI=1S/C71H113N7O13S/c1-15-18-41-71(10,17-3)56-46-62(82)78(69(56)85)43-24-20-23-33-60(80)73-74-61(81)34-27-42-75(11)65(49(6)7)68(84)72-64(48(4)5)70(86)76(12)66(50(8)16-2)59(90-13)47-63(83)77-44-26-31-57(77)67(91-14)51(9)58(79)32-25-30-54(45-53-28-21-19-22-29-53)36-35-52-37-39-55(40-38-52)92(87,88)89/h19,21-22,28-29,35-40,46,48-51,54,57,59,64-67,82,85H,15-18,20,23-27,30-34,41-45,47H2,1-14H3,(H,72,84)(H,73,80)(H,74,81)(H,87,88,89). The van der Waals surface area contributed by atoms with Crippen LogP contribution >= 0.6 is 0 Å². The Kier molecular flexibility index (Phi) is 32.6. The molecule has 6 N–H and O–H groups in total. The van der Waals surface area contributed by atoms with Gasteiger partial charge in [-0.3, -0.25) is 53.6 Å². The van der Waals surface area contributed by atoms with Gasteiger partial charge in [-0.15, -0.1) is 0 Å². The van der Waals surface area contributed by atoms with E-state index in [0.29, 0.717) is 77.4 Å².